The first kappa shape index (κ1) is 4.85. The maximum atomic E-state index is 8.44. The maximum Gasteiger partial charge on any atom is 0.253 e. The number of hydrogen-bond acceptors (Lipinski definition) is 6. The van der Waals surface area contributed by atoms with Gasteiger partial charge in [0.05, 0.1) is 0 Å². The summed E-state index contributed by atoms with van der Waals surface area (Å²) in [7, 11) is 0. The molecule has 0 bridgehead atoms. The summed E-state index contributed by atoms with van der Waals surface area (Å²) >= 11 is 0. The molecule has 6 heteroatoms. The van der Waals surface area contributed by atoms with Gasteiger partial charge >= 0.3 is 0 Å². The third-order valence-corrected chi connectivity index (χ3v) is 0.537. The Morgan fingerprint density at radius 3 is 2.88 bits per heavy atom. The predicted molar refractivity (Wildman–Crippen MR) is 22.3 cm³/mol. The van der Waals surface area contributed by atoms with Gasteiger partial charge in [0.1, 0.15) is 6.20 Å². The van der Waals surface area contributed by atoms with Gasteiger partial charge < -0.3 is 5.11 Å². The largest absolute Gasteiger partial charge is 0.491 e. The zero-order valence-electron chi connectivity index (χ0n) is 3.81. The van der Waals surface area contributed by atoms with Crippen LogP contribution in [-0.2, 0) is 0 Å². The lowest BCUT2D eigenvalue weighted by Crippen LogP contribution is -2.27. The molecule has 0 amide bonds. The zero-order chi connectivity index (χ0) is 5.98. The van der Waals surface area contributed by atoms with Crippen LogP contribution >= 0.6 is 0 Å². The third-order valence-electron chi connectivity index (χ3n) is 0.537. The number of hydroxylamine groups is 1. The summed E-state index contributed by atoms with van der Waals surface area (Å²) < 4.78 is 0. The Kier molecular flexibility index (Phi) is 1.01. The fourth-order valence-corrected chi connectivity index (χ4v) is 0.283. The molecule has 0 saturated heterocycles. The first-order chi connectivity index (χ1) is 3.79. The normalized spacial score (nSPS) is 17.6. The van der Waals surface area contributed by atoms with Crippen molar-refractivity contribution in [3.63, 3.8) is 0 Å². The van der Waals surface area contributed by atoms with Gasteiger partial charge in [0.25, 0.3) is 5.88 Å². The number of hydrogen-bond donors (Lipinski definition) is 3. The van der Waals surface area contributed by atoms with E-state index in [9.17, 15) is 0 Å². The topological polar surface area (TPSA) is 80.5 Å². The van der Waals surface area contributed by atoms with Gasteiger partial charge in [0, 0.05) is 0 Å². The molecule has 1 heterocycles. The fraction of sp³-hybridized carbons (Fsp3) is 0. The molecule has 1 aliphatic heterocycles. The van der Waals surface area contributed by atoms with Crippen LogP contribution in [0.1, 0.15) is 0 Å². The molecule has 0 fully saturated rings. The highest BCUT2D eigenvalue weighted by atomic mass is 16.5. The van der Waals surface area contributed by atoms with Crippen LogP contribution in [0, 0.1) is 0 Å². The lowest BCUT2D eigenvalue weighted by molar-refractivity contribution is -0.0982. The monoisotopic (exact) mass is 116 g/mol. The summed E-state index contributed by atoms with van der Waals surface area (Å²) in [6.07, 6.45) is 0.965. The van der Waals surface area contributed by atoms with Gasteiger partial charge in [-0.2, -0.15) is 5.53 Å². The molecule has 44 valence electrons. The standard InChI is InChI=1S/C2H4N4O2/c7-2-1-6(8)5-4-3-2/h1,7-8H,(H,3,5). The molecular weight excluding hydrogens is 112 g/mol. The van der Waals surface area contributed by atoms with E-state index in [0.717, 1.165) is 6.20 Å². The van der Waals surface area contributed by atoms with Crippen LogP contribution in [-0.4, -0.2) is 15.5 Å². The van der Waals surface area contributed by atoms with Crippen molar-refractivity contribution < 1.29 is 10.3 Å². The Bertz CT molecular complexity index is 141. The summed E-state index contributed by atoms with van der Waals surface area (Å²) in [6.45, 7) is 0. The Hall–Kier alpha value is -1.30. The quantitative estimate of drug-likeness (QED) is 0.413. The second kappa shape index (κ2) is 1.66. The van der Waals surface area contributed by atoms with Crippen LogP contribution in [0.15, 0.2) is 22.4 Å². The lowest BCUT2D eigenvalue weighted by atomic mass is 10.8. The molecule has 0 aromatic carbocycles. The molecule has 0 aromatic rings. The molecule has 3 N–H and O–H groups in total. The molecule has 0 aromatic heterocycles. The predicted octanol–water partition coefficient (Wildman–Crippen LogP) is -0.0801. The van der Waals surface area contributed by atoms with Crippen molar-refractivity contribution in [3.8, 4) is 0 Å². The smallest absolute Gasteiger partial charge is 0.253 e. The van der Waals surface area contributed by atoms with E-state index in [0.29, 0.717) is 5.17 Å². The Morgan fingerprint density at radius 1 is 1.75 bits per heavy atom. The second-order valence-electron chi connectivity index (χ2n) is 1.13. The molecule has 0 aliphatic carbocycles. The van der Waals surface area contributed by atoms with E-state index < -0.39 is 0 Å². The third kappa shape index (κ3) is 0.850. The van der Waals surface area contributed by atoms with Gasteiger partial charge in [-0.15, -0.1) is 5.17 Å². The van der Waals surface area contributed by atoms with Gasteiger partial charge in [-0.25, -0.2) is 0 Å². The van der Waals surface area contributed by atoms with E-state index in [1.54, 1.807) is 0 Å². The van der Waals surface area contributed by atoms with Gasteiger partial charge in [-0.05, 0) is 5.22 Å². The van der Waals surface area contributed by atoms with E-state index in [4.69, 9.17) is 10.3 Å². The van der Waals surface area contributed by atoms with Crippen molar-refractivity contribution in [1.29, 1.82) is 0 Å². The lowest BCUT2D eigenvalue weighted by Gasteiger charge is -2.10. The fourth-order valence-electron chi connectivity index (χ4n) is 0.283. The van der Waals surface area contributed by atoms with Crippen molar-refractivity contribution in [2.24, 2.45) is 10.3 Å². The van der Waals surface area contributed by atoms with Crippen molar-refractivity contribution in [1.82, 2.24) is 10.7 Å². The minimum Gasteiger partial charge on any atom is -0.491 e. The minimum absolute atomic E-state index is 0.341. The number of rotatable bonds is 0. The average Bonchev–Trinajstić information content (AvgIpc) is 1.64. The molecule has 0 saturated carbocycles. The molecule has 1 aliphatic rings. The Morgan fingerprint density at radius 2 is 2.50 bits per heavy atom. The van der Waals surface area contributed by atoms with E-state index in [1.165, 1.54) is 0 Å². The summed E-state index contributed by atoms with van der Waals surface area (Å²) in [5.74, 6) is -0.341. The van der Waals surface area contributed by atoms with E-state index in [1.807, 2.05) is 5.53 Å². The highest BCUT2D eigenvalue weighted by Crippen LogP contribution is 1.96. The van der Waals surface area contributed by atoms with Crippen molar-refractivity contribution in [2.45, 2.75) is 0 Å². The SMILES string of the molecule is OC1=CN(O)NN=N1. The van der Waals surface area contributed by atoms with Gasteiger partial charge in [0.15, 0.2) is 0 Å². The summed E-state index contributed by atoms with van der Waals surface area (Å²) in [4.78, 5) is 0. The van der Waals surface area contributed by atoms with Crippen LogP contribution < -0.4 is 5.53 Å². The van der Waals surface area contributed by atoms with Gasteiger partial charge in [-0.3, -0.25) is 5.21 Å². The molecule has 0 atom stereocenters. The molecule has 1 rings (SSSR count). The van der Waals surface area contributed by atoms with Crippen molar-refractivity contribution in [2.75, 3.05) is 0 Å². The highest BCUT2D eigenvalue weighted by Gasteiger charge is 1.98. The van der Waals surface area contributed by atoms with Gasteiger partial charge in [-0.1, -0.05) is 5.11 Å². The van der Waals surface area contributed by atoms with Crippen LogP contribution in [0.25, 0.3) is 0 Å². The summed E-state index contributed by atoms with van der Waals surface area (Å²) in [6, 6.07) is 0. The van der Waals surface area contributed by atoms with Crippen molar-refractivity contribution in [3.05, 3.63) is 12.1 Å². The maximum absolute atomic E-state index is 8.44. The molecule has 8 heavy (non-hydrogen) atoms. The average molecular weight is 116 g/mol. The number of aliphatic hydroxyl groups is 1. The van der Waals surface area contributed by atoms with Crippen LogP contribution in [0.2, 0.25) is 0 Å². The molecule has 0 radical (unpaired) electrons. The van der Waals surface area contributed by atoms with E-state index in [2.05, 4.69) is 10.3 Å². The summed E-state index contributed by atoms with van der Waals surface area (Å²) in [5.41, 5.74) is 2.02. The first-order valence-corrected chi connectivity index (χ1v) is 1.84. The van der Waals surface area contributed by atoms with E-state index in [-0.39, 0.29) is 5.88 Å². The summed E-state index contributed by atoms with van der Waals surface area (Å²) in [5, 5.41) is 23.5. The first-order valence-electron chi connectivity index (χ1n) is 1.84. The molecular formula is C2H4N4O2. The Balaban J connectivity index is 2.63. The van der Waals surface area contributed by atoms with Crippen LogP contribution in [0.5, 0.6) is 0 Å². The van der Waals surface area contributed by atoms with Crippen LogP contribution in [0.3, 0.4) is 0 Å². The van der Waals surface area contributed by atoms with Gasteiger partial charge in [0.2, 0.25) is 0 Å². The Labute approximate surface area is 44.6 Å². The number of nitrogens with one attached hydrogen (secondary N) is 1. The van der Waals surface area contributed by atoms with Crippen molar-refractivity contribution >= 4 is 0 Å². The zero-order valence-corrected chi connectivity index (χ0v) is 3.81. The number of nitrogens with zero attached hydrogens (tertiary/aromatic N) is 3. The molecule has 0 unspecified atom stereocenters. The second-order valence-corrected chi connectivity index (χ2v) is 1.13. The molecule has 6 nitrogen and oxygen atoms in total. The highest BCUT2D eigenvalue weighted by molar-refractivity contribution is 4.84. The van der Waals surface area contributed by atoms with Crippen LogP contribution in [0.4, 0.5) is 0 Å². The number of aliphatic hydroxyl groups excluding tert-OH is 1. The van der Waals surface area contributed by atoms with E-state index >= 15 is 0 Å². The minimum atomic E-state index is -0.341. The number of hydrazine groups is 1. The molecule has 0 spiro atoms.